The molecule has 0 amide bonds. The van der Waals surface area contributed by atoms with Crippen molar-refractivity contribution in [3.63, 3.8) is 0 Å². The molecule has 1 N–H and O–H groups in total. The van der Waals surface area contributed by atoms with Gasteiger partial charge in [-0.15, -0.1) is 11.6 Å². The van der Waals surface area contributed by atoms with Crippen molar-refractivity contribution in [1.29, 1.82) is 0 Å². The molecule has 1 aromatic rings. The van der Waals surface area contributed by atoms with Crippen LogP contribution in [0, 0.1) is 0 Å². The molecular weight excluding hydrogens is 208 g/mol. The smallest absolute Gasteiger partial charge is 0.0794 e. The summed E-state index contributed by atoms with van der Waals surface area (Å²) >= 11 is 5.40. The molecule has 0 spiro atoms. The third kappa shape index (κ3) is 3.46. The van der Waals surface area contributed by atoms with E-state index in [2.05, 4.69) is 0 Å². The highest BCUT2D eigenvalue weighted by molar-refractivity contribution is 7.85. The van der Waals surface area contributed by atoms with Crippen LogP contribution < -0.4 is 0 Å². The number of halogens is 1. The fourth-order valence-corrected chi connectivity index (χ4v) is 2.25. The van der Waals surface area contributed by atoms with Gasteiger partial charge in [-0.1, -0.05) is 18.2 Å². The Labute approximate surface area is 85.0 Å². The number of hydrogen-bond acceptors (Lipinski definition) is 2. The monoisotopic (exact) mass is 218 g/mol. The lowest BCUT2D eigenvalue weighted by Crippen LogP contribution is -2.18. The first-order valence-corrected chi connectivity index (χ1v) is 5.77. The van der Waals surface area contributed by atoms with Gasteiger partial charge >= 0.3 is 0 Å². The fraction of sp³-hybridized carbons (Fsp3) is 0.333. The SMILES string of the molecule is O=[S@@](C[C@H](O)CCl)c1ccccc1. The Kier molecular flexibility index (Phi) is 4.42. The van der Waals surface area contributed by atoms with Crippen molar-refractivity contribution in [3.05, 3.63) is 30.3 Å². The first-order valence-electron chi connectivity index (χ1n) is 3.91. The van der Waals surface area contributed by atoms with Gasteiger partial charge in [-0.2, -0.15) is 0 Å². The summed E-state index contributed by atoms with van der Waals surface area (Å²) in [7, 11) is -1.15. The van der Waals surface area contributed by atoms with Crippen LogP contribution in [-0.2, 0) is 10.8 Å². The molecule has 13 heavy (non-hydrogen) atoms. The first-order chi connectivity index (χ1) is 6.24. The van der Waals surface area contributed by atoms with E-state index in [9.17, 15) is 4.21 Å². The number of hydrogen-bond donors (Lipinski definition) is 1. The average Bonchev–Trinajstić information content (AvgIpc) is 2.19. The van der Waals surface area contributed by atoms with Crippen molar-refractivity contribution in [2.45, 2.75) is 11.0 Å². The molecule has 0 fully saturated rings. The molecule has 0 saturated carbocycles. The Morgan fingerprint density at radius 3 is 2.54 bits per heavy atom. The molecule has 0 bridgehead atoms. The van der Waals surface area contributed by atoms with Gasteiger partial charge in [-0.05, 0) is 12.1 Å². The number of aliphatic hydroxyl groups is 1. The minimum absolute atomic E-state index is 0.124. The maximum absolute atomic E-state index is 11.5. The van der Waals surface area contributed by atoms with E-state index in [4.69, 9.17) is 16.7 Å². The zero-order valence-electron chi connectivity index (χ0n) is 7.02. The molecule has 0 saturated heterocycles. The summed E-state index contributed by atoms with van der Waals surface area (Å²) in [5.74, 6) is 0.325. The molecule has 0 aliphatic carbocycles. The largest absolute Gasteiger partial charge is 0.391 e. The number of benzene rings is 1. The Balaban J connectivity index is 2.59. The fourth-order valence-electron chi connectivity index (χ4n) is 0.888. The van der Waals surface area contributed by atoms with Crippen LogP contribution in [0.2, 0.25) is 0 Å². The molecule has 0 aliphatic heterocycles. The van der Waals surface area contributed by atoms with Crippen LogP contribution in [-0.4, -0.2) is 27.1 Å². The third-order valence-electron chi connectivity index (χ3n) is 1.53. The van der Waals surface area contributed by atoms with E-state index in [1.165, 1.54) is 0 Å². The first kappa shape index (κ1) is 10.7. The summed E-state index contributed by atoms with van der Waals surface area (Å²) in [5, 5.41) is 9.16. The second kappa shape index (κ2) is 5.37. The van der Waals surface area contributed by atoms with Crippen molar-refractivity contribution in [2.24, 2.45) is 0 Å². The molecule has 0 aromatic heterocycles. The lowest BCUT2D eigenvalue weighted by atomic mass is 10.4. The Hall–Kier alpha value is -0.380. The van der Waals surface area contributed by atoms with Crippen LogP contribution in [0.25, 0.3) is 0 Å². The number of alkyl halides is 1. The molecule has 72 valence electrons. The van der Waals surface area contributed by atoms with Crippen molar-refractivity contribution in [2.75, 3.05) is 11.6 Å². The van der Waals surface area contributed by atoms with Crippen molar-refractivity contribution < 1.29 is 9.32 Å². The van der Waals surface area contributed by atoms with E-state index in [1.54, 1.807) is 12.1 Å². The van der Waals surface area contributed by atoms with Crippen LogP contribution >= 0.6 is 11.6 Å². The summed E-state index contributed by atoms with van der Waals surface area (Å²) < 4.78 is 11.5. The van der Waals surface area contributed by atoms with Crippen LogP contribution in [0.1, 0.15) is 0 Å². The zero-order chi connectivity index (χ0) is 9.68. The minimum atomic E-state index is -1.15. The maximum Gasteiger partial charge on any atom is 0.0794 e. The highest BCUT2D eigenvalue weighted by atomic mass is 35.5. The van der Waals surface area contributed by atoms with Gasteiger partial charge in [-0.3, -0.25) is 4.21 Å². The lowest BCUT2D eigenvalue weighted by molar-refractivity contribution is 0.222. The van der Waals surface area contributed by atoms with E-state index in [0.717, 1.165) is 4.90 Å². The van der Waals surface area contributed by atoms with Crippen LogP contribution in [0.3, 0.4) is 0 Å². The van der Waals surface area contributed by atoms with Gasteiger partial charge in [0, 0.05) is 10.8 Å². The molecule has 0 aliphatic rings. The molecule has 0 radical (unpaired) electrons. The summed E-state index contributed by atoms with van der Waals surface area (Å²) in [6.45, 7) is 0. The molecule has 0 unspecified atom stereocenters. The topological polar surface area (TPSA) is 37.3 Å². The second-order valence-corrected chi connectivity index (χ2v) is 4.44. The molecule has 2 atom stereocenters. The minimum Gasteiger partial charge on any atom is -0.391 e. The van der Waals surface area contributed by atoms with Crippen molar-refractivity contribution in [3.8, 4) is 0 Å². The lowest BCUT2D eigenvalue weighted by Gasteiger charge is -2.05. The molecular formula is C9H11ClO2S. The summed E-state index contributed by atoms with van der Waals surface area (Å²) in [6, 6.07) is 9.05. The van der Waals surface area contributed by atoms with Gasteiger partial charge in [-0.25, -0.2) is 0 Å². The highest BCUT2D eigenvalue weighted by Gasteiger charge is 2.09. The molecule has 4 heteroatoms. The summed E-state index contributed by atoms with van der Waals surface area (Å²) in [6.07, 6.45) is -0.692. The normalized spacial score (nSPS) is 15.2. The average molecular weight is 219 g/mol. The van der Waals surface area contributed by atoms with Crippen LogP contribution in [0.5, 0.6) is 0 Å². The van der Waals surface area contributed by atoms with E-state index in [0.29, 0.717) is 0 Å². The van der Waals surface area contributed by atoms with Crippen molar-refractivity contribution in [1.82, 2.24) is 0 Å². The molecule has 1 rings (SSSR count). The zero-order valence-corrected chi connectivity index (χ0v) is 8.59. The standard InChI is InChI=1S/C9H11ClO2S/c10-6-8(11)7-13(12)9-4-2-1-3-5-9/h1-5,8,11H,6-7H2/t8-,13+/m1/s1. The van der Waals surface area contributed by atoms with Gasteiger partial charge in [0.1, 0.15) is 0 Å². The predicted molar refractivity (Wildman–Crippen MR) is 54.4 cm³/mol. The Morgan fingerprint density at radius 2 is 2.00 bits per heavy atom. The Morgan fingerprint density at radius 1 is 1.38 bits per heavy atom. The molecule has 2 nitrogen and oxygen atoms in total. The van der Waals surface area contributed by atoms with Gasteiger partial charge in [0.25, 0.3) is 0 Å². The summed E-state index contributed by atoms with van der Waals surface area (Å²) in [4.78, 5) is 0.728. The van der Waals surface area contributed by atoms with Crippen LogP contribution in [0.4, 0.5) is 0 Å². The van der Waals surface area contributed by atoms with Gasteiger partial charge in [0.2, 0.25) is 0 Å². The van der Waals surface area contributed by atoms with E-state index < -0.39 is 16.9 Å². The Bertz CT molecular complexity index is 276. The maximum atomic E-state index is 11.5. The van der Waals surface area contributed by atoms with Gasteiger partial charge < -0.3 is 5.11 Å². The van der Waals surface area contributed by atoms with E-state index >= 15 is 0 Å². The van der Waals surface area contributed by atoms with E-state index in [-0.39, 0.29) is 11.6 Å². The highest BCUT2D eigenvalue weighted by Crippen LogP contribution is 2.06. The summed E-state index contributed by atoms with van der Waals surface area (Å²) in [5.41, 5.74) is 0. The second-order valence-electron chi connectivity index (χ2n) is 2.63. The molecule has 0 heterocycles. The van der Waals surface area contributed by atoms with Gasteiger partial charge in [0.15, 0.2) is 0 Å². The number of aliphatic hydroxyl groups excluding tert-OH is 1. The number of rotatable bonds is 4. The quantitative estimate of drug-likeness (QED) is 0.776. The third-order valence-corrected chi connectivity index (χ3v) is 3.37. The van der Waals surface area contributed by atoms with Gasteiger partial charge in [0.05, 0.1) is 22.7 Å². The van der Waals surface area contributed by atoms with E-state index in [1.807, 2.05) is 18.2 Å². The molecule has 1 aromatic carbocycles. The van der Waals surface area contributed by atoms with Crippen LogP contribution in [0.15, 0.2) is 35.2 Å². The van der Waals surface area contributed by atoms with Crippen molar-refractivity contribution >= 4 is 22.4 Å². The predicted octanol–water partition coefficient (Wildman–Crippen LogP) is 1.39.